The number of rotatable bonds is 2. The van der Waals surface area contributed by atoms with Crippen molar-refractivity contribution >= 4 is 0 Å². The third-order valence-electron chi connectivity index (χ3n) is 3.56. The van der Waals surface area contributed by atoms with Crippen molar-refractivity contribution in [2.24, 2.45) is 0 Å². The third-order valence-corrected chi connectivity index (χ3v) is 3.56. The highest BCUT2D eigenvalue weighted by Crippen LogP contribution is 2.43. The molecule has 0 fully saturated rings. The van der Waals surface area contributed by atoms with Gasteiger partial charge in [0.15, 0.2) is 0 Å². The Labute approximate surface area is 95.8 Å². The summed E-state index contributed by atoms with van der Waals surface area (Å²) in [5, 5.41) is 3.31. The lowest BCUT2D eigenvalue weighted by Crippen LogP contribution is -2.15. The van der Waals surface area contributed by atoms with Crippen LogP contribution in [0.5, 0.6) is 11.5 Å². The van der Waals surface area contributed by atoms with Gasteiger partial charge in [0.1, 0.15) is 11.5 Å². The van der Waals surface area contributed by atoms with Crippen LogP contribution in [0.1, 0.15) is 29.7 Å². The van der Waals surface area contributed by atoms with Crippen molar-refractivity contribution in [3.63, 3.8) is 0 Å². The molecule has 1 unspecified atom stereocenters. The molecule has 2 heterocycles. The van der Waals surface area contributed by atoms with E-state index in [9.17, 15) is 0 Å². The highest BCUT2D eigenvalue weighted by atomic mass is 16.5. The van der Waals surface area contributed by atoms with Gasteiger partial charge in [-0.05, 0) is 20.0 Å². The molecule has 2 aliphatic rings. The first-order valence-corrected chi connectivity index (χ1v) is 5.92. The Bertz CT molecular complexity index is 396. The minimum Gasteiger partial charge on any atom is -0.493 e. The average Bonchev–Trinajstić information content (AvgIpc) is 2.91. The summed E-state index contributed by atoms with van der Waals surface area (Å²) in [5.74, 6) is 2.17. The van der Waals surface area contributed by atoms with E-state index in [1.54, 1.807) is 0 Å². The first-order chi connectivity index (χ1) is 7.81. The van der Waals surface area contributed by atoms with Gasteiger partial charge in [0.25, 0.3) is 0 Å². The van der Waals surface area contributed by atoms with Crippen molar-refractivity contribution in [3.8, 4) is 11.5 Å². The van der Waals surface area contributed by atoms with E-state index >= 15 is 0 Å². The molecule has 1 N–H and O–H groups in total. The predicted molar refractivity (Wildman–Crippen MR) is 62.3 cm³/mol. The van der Waals surface area contributed by atoms with E-state index in [1.807, 2.05) is 7.05 Å². The first kappa shape index (κ1) is 9.97. The maximum absolute atomic E-state index is 5.78. The first-order valence-electron chi connectivity index (χ1n) is 5.92. The minimum atomic E-state index is 0.323. The fraction of sp³-hybridized carbons (Fsp3) is 0.538. The Kier molecular flexibility index (Phi) is 2.28. The van der Waals surface area contributed by atoms with Crippen molar-refractivity contribution in [2.75, 3.05) is 20.3 Å². The predicted octanol–water partition coefficient (Wildman–Crippen LogP) is 1.84. The average molecular weight is 219 g/mol. The summed E-state index contributed by atoms with van der Waals surface area (Å²) in [6, 6.07) is 2.49. The summed E-state index contributed by atoms with van der Waals surface area (Å²) in [6.45, 7) is 3.79. The summed E-state index contributed by atoms with van der Waals surface area (Å²) in [4.78, 5) is 0. The molecule has 0 saturated heterocycles. The van der Waals surface area contributed by atoms with Crippen LogP contribution in [0, 0.1) is 0 Å². The lowest BCUT2D eigenvalue weighted by atomic mass is 9.95. The van der Waals surface area contributed by atoms with Crippen LogP contribution in [-0.4, -0.2) is 20.3 Å². The Morgan fingerprint density at radius 1 is 1.25 bits per heavy atom. The second kappa shape index (κ2) is 3.67. The van der Waals surface area contributed by atoms with E-state index in [1.165, 1.54) is 16.7 Å². The number of fused-ring (bicyclic) bond motifs is 2. The molecule has 86 valence electrons. The van der Waals surface area contributed by atoms with Crippen LogP contribution in [-0.2, 0) is 12.8 Å². The number of benzene rings is 1. The maximum atomic E-state index is 5.78. The van der Waals surface area contributed by atoms with Gasteiger partial charge in [-0.3, -0.25) is 0 Å². The van der Waals surface area contributed by atoms with Crippen LogP contribution in [0.15, 0.2) is 6.07 Å². The molecule has 0 aromatic heterocycles. The third kappa shape index (κ3) is 1.31. The van der Waals surface area contributed by atoms with Gasteiger partial charge in [-0.15, -0.1) is 0 Å². The van der Waals surface area contributed by atoms with Crippen molar-refractivity contribution in [3.05, 3.63) is 22.8 Å². The molecule has 3 nitrogen and oxygen atoms in total. The van der Waals surface area contributed by atoms with Crippen molar-refractivity contribution < 1.29 is 9.47 Å². The molecular formula is C13H17NO2. The Morgan fingerprint density at radius 3 is 2.88 bits per heavy atom. The van der Waals surface area contributed by atoms with Gasteiger partial charge in [0.05, 0.1) is 13.2 Å². The number of ether oxygens (including phenoxy) is 2. The Balaban J connectivity index is 2.19. The largest absolute Gasteiger partial charge is 0.493 e. The van der Waals surface area contributed by atoms with Gasteiger partial charge >= 0.3 is 0 Å². The molecule has 0 bridgehead atoms. The molecule has 1 aromatic rings. The molecule has 3 heteroatoms. The Morgan fingerprint density at radius 2 is 2.06 bits per heavy atom. The zero-order valence-electron chi connectivity index (χ0n) is 9.80. The van der Waals surface area contributed by atoms with Crippen LogP contribution in [0.4, 0.5) is 0 Å². The van der Waals surface area contributed by atoms with E-state index in [0.29, 0.717) is 6.04 Å². The van der Waals surface area contributed by atoms with Gasteiger partial charge in [0.2, 0.25) is 0 Å². The zero-order valence-corrected chi connectivity index (χ0v) is 9.80. The van der Waals surface area contributed by atoms with Crippen LogP contribution in [0.2, 0.25) is 0 Å². The summed E-state index contributed by atoms with van der Waals surface area (Å²) in [5.41, 5.74) is 3.95. The fourth-order valence-electron chi connectivity index (χ4n) is 2.62. The highest BCUT2D eigenvalue weighted by Gasteiger charge is 2.28. The molecule has 0 radical (unpaired) electrons. The van der Waals surface area contributed by atoms with Crippen molar-refractivity contribution in [1.29, 1.82) is 0 Å². The molecule has 1 aromatic carbocycles. The standard InChI is InChI=1S/C13H17NO2/c1-8(14-2)12-10-4-6-15-11(10)7-9-3-5-16-13(9)12/h7-8,14H,3-6H2,1-2H3. The highest BCUT2D eigenvalue weighted by molar-refractivity contribution is 5.57. The summed E-state index contributed by atoms with van der Waals surface area (Å²) < 4.78 is 11.5. The molecule has 1 atom stereocenters. The van der Waals surface area contributed by atoms with E-state index in [4.69, 9.17) is 9.47 Å². The smallest absolute Gasteiger partial charge is 0.127 e. The molecule has 3 rings (SSSR count). The van der Waals surface area contributed by atoms with E-state index in [0.717, 1.165) is 37.6 Å². The summed E-state index contributed by atoms with van der Waals surface area (Å²) in [7, 11) is 1.99. The van der Waals surface area contributed by atoms with Gasteiger partial charge in [0, 0.05) is 35.6 Å². The molecule has 16 heavy (non-hydrogen) atoms. The van der Waals surface area contributed by atoms with Crippen molar-refractivity contribution in [1.82, 2.24) is 5.32 Å². The number of nitrogens with one attached hydrogen (secondary N) is 1. The second-order valence-electron chi connectivity index (χ2n) is 4.46. The van der Waals surface area contributed by atoms with Crippen LogP contribution in [0.3, 0.4) is 0 Å². The molecule has 0 saturated carbocycles. The van der Waals surface area contributed by atoms with Crippen LogP contribution in [0.25, 0.3) is 0 Å². The van der Waals surface area contributed by atoms with Gasteiger partial charge in [-0.25, -0.2) is 0 Å². The monoisotopic (exact) mass is 219 g/mol. The normalized spacial score (nSPS) is 18.6. The molecule has 0 amide bonds. The van der Waals surface area contributed by atoms with Gasteiger partial charge in [-0.1, -0.05) is 0 Å². The minimum absolute atomic E-state index is 0.323. The SMILES string of the molecule is CNC(C)c1c2c(cc3c1OCC3)OCC2. The summed E-state index contributed by atoms with van der Waals surface area (Å²) >= 11 is 0. The van der Waals surface area contributed by atoms with Gasteiger partial charge < -0.3 is 14.8 Å². The van der Waals surface area contributed by atoms with Crippen LogP contribution < -0.4 is 14.8 Å². The maximum Gasteiger partial charge on any atom is 0.127 e. The molecular weight excluding hydrogens is 202 g/mol. The Hall–Kier alpha value is -1.22. The fourth-order valence-corrected chi connectivity index (χ4v) is 2.62. The lowest BCUT2D eigenvalue weighted by molar-refractivity contribution is 0.349. The molecule has 0 aliphatic carbocycles. The van der Waals surface area contributed by atoms with Gasteiger partial charge in [-0.2, -0.15) is 0 Å². The molecule has 2 aliphatic heterocycles. The summed E-state index contributed by atoms with van der Waals surface area (Å²) in [6.07, 6.45) is 2.02. The van der Waals surface area contributed by atoms with Crippen molar-refractivity contribution in [2.45, 2.75) is 25.8 Å². The zero-order chi connectivity index (χ0) is 11.1. The van der Waals surface area contributed by atoms with Crippen LogP contribution >= 0.6 is 0 Å². The second-order valence-corrected chi connectivity index (χ2v) is 4.46. The lowest BCUT2D eigenvalue weighted by Gasteiger charge is -2.18. The molecule has 0 spiro atoms. The van der Waals surface area contributed by atoms with E-state index < -0.39 is 0 Å². The number of hydrogen-bond acceptors (Lipinski definition) is 3. The topological polar surface area (TPSA) is 30.5 Å². The number of hydrogen-bond donors (Lipinski definition) is 1. The van der Waals surface area contributed by atoms with E-state index in [2.05, 4.69) is 18.3 Å². The quantitative estimate of drug-likeness (QED) is 0.823. The van der Waals surface area contributed by atoms with E-state index in [-0.39, 0.29) is 0 Å².